The second-order valence-electron chi connectivity index (χ2n) is 9.39. The number of rotatable bonds is 9. The summed E-state index contributed by atoms with van der Waals surface area (Å²) in [4.78, 5) is 27.8. The molecule has 0 aromatic heterocycles. The van der Waals surface area contributed by atoms with Gasteiger partial charge in [0, 0.05) is 12.6 Å². The molecular formula is C26H34Cl2N2O3. The first-order valence-corrected chi connectivity index (χ1v) is 12.0. The number of ether oxygens (including phenoxy) is 1. The van der Waals surface area contributed by atoms with Crippen molar-refractivity contribution in [2.75, 3.05) is 6.61 Å². The highest BCUT2D eigenvalue weighted by atomic mass is 35.5. The average Bonchev–Trinajstić information content (AvgIpc) is 2.73. The lowest BCUT2D eigenvalue weighted by atomic mass is 9.86. The van der Waals surface area contributed by atoms with E-state index in [9.17, 15) is 9.59 Å². The number of para-hydroxylation sites is 1. The highest BCUT2D eigenvalue weighted by Gasteiger charge is 2.30. The Labute approximate surface area is 207 Å². The molecule has 1 unspecified atom stereocenters. The van der Waals surface area contributed by atoms with Gasteiger partial charge in [-0.05, 0) is 55.0 Å². The molecule has 33 heavy (non-hydrogen) atoms. The molecule has 0 saturated heterocycles. The van der Waals surface area contributed by atoms with Crippen molar-refractivity contribution in [2.45, 2.75) is 72.0 Å². The zero-order chi connectivity index (χ0) is 24.8. The van der Waals surface area contributed by atoms with E-state index in [1.54, 1.807) is 23.1 Å². The standard InChI is InChI=1S/C26H34Cl2N2O3/c1-7-22(25(32)29-17(2)3)30(15-18-12-13-20(27)21(28)14-18)24(31)16-33-23-11-9-8-10-19(23)26(4,5)6/h8-14,17,22H,7,15-16H2,1-6H3,(H,29,32). The fraction of sp³-hybridized carbons (Fsp3) is 0.462. The maximum absolute atomic E-state index is 13.4. The Morgan fingerprint density at radius 3 is 2.30 bits per heavy atom. The third kappa shape index (κ3) is 7.65. The number of halogens is 2. The van der Waals surface area contributed by atoms with E-state index in [0.29, 0.717) is 22.2 Å². The van der Waals surface area contributed by atoms with Gasteiger partial charge in [0.05, 0.1) is 10.0 Å². The van der Waals surface area contributed by atoms with Crippen molar-refractivity contribution >= 4 is 35.0 Å². The van der Waals surface area contributed by atoms with Crippen molar-refractivity contribution in [2.24, 2.45) is 0 Å². The lowest BCUT2D eigenvalue weighted by Gasteiger charge is -2.31. The molecule has 7 heteroatoms. The Morgan fingerprint density at radius 2 is 1.73 bits per heavy atom. The van der Waals surface area contributed by atoms with E-state index in [2.05, 4.69) is 26.1 Å². The summed E-state index contributed by atoms with van der Waals surface area (Å²) >= 11 is 12.2. The van der Waals surface area contributed by atoms with Gasteiger partial charge in [-0.25, -0.2) is 0 Å². The van der Waals surface area contributed by atoms with Crippen molar-refractivity contribution in [3.05, 3.63) is 63.6 Å². The molecule has 180 valence electrons. The monoisotopic (exact) mass is 492 g/mol. The van der Waals surface area contributed by atoms with E-state index in [4.69, 9.17) is 27.9 Å². The number of nitrogens with zero attached hydrogens (tertiary/aromatic N) is 1. The fourth-order valence-electron chi connectivity index (χ4n) is 3.57. The van der Waals surface area contributed by atoms with Crippen molar-refractivity contribution < 1.29 is 14.3 Å². The van der Waals surface area contributed by atoms with E-state index in [-0.39, 0.29) is 36.4 Å². The number of carbonyl (C=O) groups excluding carboxylic acids is 2. The molecule has 5 nitrogen and oxygen atoms in total. The van der Waals surface area contributed by atoms with Gasteiger partial charge in [0.25, 0.3) is 5.91 Å². The fourth-order valence-corrected chi connectivity index (χ4v) is 3.89. The third-order valence-corrected chi connectivity index (χ3v) is 5.94. The maximum atomic E-state index is 13.4. The Hall–Kier alpha value is -2.24. The summed E-state index contributed by atoms with van der Waals surface area (Å²) in [6, 6.07) is 12.2. The summed E-state index contributed by atoms with van der Waals surface area (Å²) in [5.74, 6) is 0.180. The molecule has 2 rings (SSSR count). The van der Waals surface area contributed by atoms with E-state index in [1.165, 1.54) is 0 Å². The zero-order valence-electron chi connectivity index (χ0n) is 20.2. The van der Waals surface area contributed by atoms with Gasteiger partial charge in [-0.1, -0.05) is 75.2 Å². The van der Waals surface area contributed by atoms with Crippen LogP contribution in [-0.4, -0.2) is 35.4 Å². The molecule has 2 aromatic carbocycles. The van der Waals surface area contributed by atoms with Crippen LogP contribution in [0.4, 0.5) is 0 Å². The van der Waals surface area contributed by atoms with E-state index in [1.807, 2.05) is 45.0 Å². The van der Waals surface area contributed by atoms with Crippen LogP contribution in [0.15, 0.2) is 42.5 Å². The van der Waals surface area contributed by atoms with Gasteiger partial charge in [0.15, 0.2) is 6.61 Å². The zero-order valence-corrected chi connectivity index (χ0v) is 21.8. The summed E-state index contributed by atoms with van der Waals surface area (Å²) < 4.78 is 5.97. The first kappa shape index (κ1) is 27.0. The van der Waals surface area contributed by atoms with E-state index in [0.717, 1.165) is 11.1 Å². The van der Waals surface area contributed by atoms with Gasteiger partial charge >= 0.3 is 0 Å². The van der Waals surface area contributed by atoms with Gasteiger partial charge in [-0.15, -0.1) is 0 Å². The molecule has 2 aromatic rings. The van der Waals surface area contributed by atoms with Gasteiger partial charge in [0.1, 0.15) is 11.8 Å². The Morgan fingerprint density at radius 1 is 1.06 bits per heavy atom. The Kier molecular flexibility index (Phi) is 9.62. The predicted octanol–water partition coefficient (Wildman–Crippen LogP) is 6.00. The van der Waals surface area contributed by atoms with E-state index < -0.39 is 6.04 Å². The lowest BCUT2D eigenvalue weighted by Crippen LogP contribution is -2.51. The summed E-state index contributed by atoms with van der Waals surface area (Å²) in [6.07, 6.45) is 0.462. The summed E-state index contributed by atoms with van der Waals surface area (Å²) in [5.41, 5.74) is 1.66. The van der Waals surface area contributed by atoms with Gasteiger partial charge in [0.2, 0.25) is 5.91 Å². The topological polar surface area (TPSA) is 58.6 Å². The first-order valence-electron chi connectivity index (χ1n) is 11.2. The molecule has 1 N–H and O–H groups in total. The second-order valence-corrected chi connectivity index (χ2v) is 10.2. The molecule has 0 heterocycles. The first-order chi connectivity index (χ1) is 15.4. The summed E-state index contributed by atoms with van der Waals surface area (Å²) in [5, 5.41) is 3.75. The van der Waals surface area contributed by atoms with E-state index >= 15 is 0 Å². The van der Waals surface area contributed by atoms with Crippen LogP contribution in [-0.2, 0) is 21.5 Å². The molecule has 0 saturated carbocycles. The summed E-state index contributed by atoms with van der Waals surface area (Å²) in [6.45, 7) is 12.0. The van der Waals surface area contributed by atoms with Crippen LogP contribution in [0.5, 0.6) is 5.75 Å². The molecule has 0 fully saturated rings. The van der Waals surface area contributed by atoms with Crippen LogP contribution in [0.1, 0.15) is 59.1 Å². The highest BCUT2D eigenvalue weighted by Crippen LogP contribution is 2.31. The molecule has 0 radical (unpaired) electrons. The number of carbonyl (C=O) groups is 2. The van der Waals surface area contributed by atoms with Gasteiger partial charge in [-0.3, -0.25) is 9.59 Å². The minimum atomic E-state index is -0.643. The Bertz CT molecular complexity index is 970. The van der Waals surface area contributed by atoms with Crippen LogP contribution in [0.3, 0.4) is 0 Å². The molecular weight excluding hydrogens is 459 g/mol. The lowest BCUT2D eigenvalue weighted by molar-refractivity contribution is -0.143. The minimum absolute atomic E-state index is 0.0385. The predicted molar refractivity (Wildman–Crippen MR) is 135 cm³/mol. The van der Waals surface area contributed by atoms with Crippen LogP contribution in [0, 0.1) is 0 Å². The number of amides is 2. The average molecular weight is 493 g/mol. The number of nitrogens with one attached hydrogen (secondary N) is 1. The van der Waals surface area contributed by atoms with Crippen LogP contribution in [0.2, 0.25) is 10.0 Å². The van der Waals surface area contributed by atoms with Crippen LogP contribution >= 0.6 is 23.2 Å². The van der Waals surface area contributed by atoms with Gasteiger partial charge in [-0.2, -0.15) is 0 Å². The second kappa shape index (κ2) is 11.8. The molecule has 0 bridgehead atoms. The van der Waals surface area contributed by atoms with Crippen LogP contribution in [0.25, 0.3) is 0 Å². The largest absolute Gasteiger partial charge is 0.483 e. The molecule has 2 amide bonds. The van der Waals surface area contributed by atoms with Crippen molar-refractivity contribution in [3.63, 3.8) is 0 Å². The number of hydrogen-bond acceptors (Lipinski definition) is 3. The normalized spacial score (nSPS) is 12.4. The molecule has 0 aliphatic carbocycles. The minimum Gasteiger partial charge on any atom is -0.483 e. The van der Waals surface area contributed by atoms with Crippen molar-refractivity contribution in [1.29, 1.82) is 0 Å². The van der Waals surface area contributed by atoms with Crippen LogP contribution < -0.4 is 10.1 Å². The number of hydrogen-bond donors (Lipinski definition) is 1. The SMILES string of the molecule is CCC(C(=O)NC(C)C)N(Cc1ccc(Cl)c(Cl)c1)C(=O)COc1ccccc1C(C)(C)C. The van der Waals surface area contributed by atoms with Gasteiger partial charge < -0.3 is 15.0 Å². The summed E-state index contributed by atoms with van der Waals surface area (Å²) in [7, 11) is 0. The molecule has 0 aliphatic rings. The molecule has 0 spiro atoms. The smallest absolute Gasteiger partial charge is 0.261 e. The molecule has 1 atom stereocenters. The molecule has 0 aliphatic heterocycles. The highest BCUT2D eigenvalue weighted by molar-refractivity contribution is 6.42. The van der Waals surface area contributed by atoms with Crippen molar-refractivity contribution in [3.8, 4) is 5.75 Å². The number of benzene rings is 2. The quantitative estimate of drug-likeness (QED) is 0.466. The Balaban J connectivity index is 2.31. The van der Waals surface area contributed by atoms with Crippen molar-refractivity contribution in [1.82, 2.24) is 10.2 Å². The maximum Gasteiger partial charge on any atom is 0.261 e. The third-order valence-electron chi connectivity index (χ3n) is 5.20.